The fraction of sp³-hybridized carbons (Fsp3) is 0.423. The molecule has 0 saturated carbocycles. The van der Waals surface area contributed by atoms with Gasteiger partial charge in [-0.25, -0.2) is 4.79 Å². The second kappa shape index (κ2) is 9.29. The second-order valence-electron chi connectivity index (χ2n) is 9.14. The molecule has 0 spiro atoms. The van der Waals surface area contributed by atoms with E-state index in [2.05, 4.69) is 5.32 Å². The van der Waals surface area contributed by atoms with Crippen LogP contribution >= 0.6 is 0 Å². The van der Waals surface area contributed by atoms with E-state index in [-0.39, 0.29) is 19.2 Å². The quantitative estimate of drug-likeness (QED) is 0.591. The van der Waals surface area contributed by atoms with E-state index in [0.717, 1.165) is 36.2 Å². The monoisotopic (exact) mass is 467 g/mol. The van der Waals surface area contributed by atoms with Crippen LogP contribution < -0.4 is 14.8 Å². The van der Waals surface area contributed by atoms with Crippen LogP contribution in [0.1, 0.15) is 36.5 Å². The summed E-state index contributed by atoms with van der Waals surface area (Å²) in [7, 11) is 0. The summed E-state index contributed by atoms with van der Waals surface area (Å²) in [6.07, 6.45) is -1.36. The molecule has 5 rings (SSSR count). The van der Waals surface area contributed by atoms with Crippen LogP contribution in [0.4, 0.5) is 4.79 Å². The van der Waals surface area contributed by atoms with Gasteiger partial charge in [0, 0.05) is 11.0 Å². The van der Waals surface area contributed by atoms with Gasteiger partial charge in [0.25, 0.3) is 0 Å². The maximum absolute atomic E-state index is 12.7. The van der Waals surface area contributed by atoms with E-state index < -0.39 is 23.8 Å². The first kappa shape index (κ1) is 22.7. The molecular formula is C26H29NO7. The third kappa shape index (κ3) is 4.13. The lowest BCUT2D eigenvalue weighted by atomic mass is 9.73. The third-order valence-corrected chi connectivity index (χ3v) is 6.92. The van der Waals surface area contributed by atoms with Crippen molar-refractivity contribution in [2.45, 2.75) is 45.0 Å². The highest BCUT2D eigenvalue weighted by Crippen LogP contribution is 2.54. The standard InChI is InChI=1S/C26H29NO7/c1-26-9-5-10-27-11-8-17-12-19-20(33-15-32-19)13-18(17)21(26)23(22(28)24(26)29)34-25(30)31-14-16-6-3-2-4-7-16/h2-4,6-7,12-13,22,24,27-29H,5,8-11,14-15H2,1H3/t22-,24-,26+/m1/s1. The first-order valence-corrected chi connectivity index (χ1v) is 11.6. The van der Waals surface area contributed by atoms with E-state index in [4.69, 9.17) is 18.9 Å². The molecule has 0 saturated heterocycles. The van der Waals surface area contributed by atoms with E-state index in [9.17, 15) is 15.0 Å². The van der Waals surface area contributed by atoms with Crippen LogP contribution in [0.3, 0.4) is 0 Å². The molecule has 2 aromatic carbocycles. The molecule has 1 aliphatic carbocycles. The lowest BCUT2D eigenvalue weighted by Crippen LogP contribution is -2.37. The summed E-state index contributed by atoms with van der Waals surface area (Å²) in [5, 5.41) is 25.6. The van der Waals surface area contributed by atoms with Gasteiger partial charge in [0.2, 0.25) is 6.79 Å². The molecule has 180 valence electrons. The molecule has 2 heterocycles. The van der Waals surface area contributed by atoms with Gasteiger partial charge in [0.05, 0.1) is 6.10 Å². The van der Waals surface area contributed by atoms with Gasteiger partial charge < -0.3 is 34.5 Å². The summed E-state index contributed by atoms with van der Waals surface area (Å²) in [5.74, 6) is 1.27. The Morgan fingerprint density at radius 1 is 1.15 bits per heavy atom. The van der Waals surface area contributed by atoms with Crippen molar-refractivity contribution in [2.24, 2.45) is 5.41 Å². The van der Waals surface area contributed by atoms with Gasteiger partial charge in [-0.05, 0) is 61.2 Å². The van der Waals surface area contributed by atoms with Gasteiger partial charge in [0.1, 0.15) is 18.5 Å². The maximum atomic E-state index is 12.7. The molecule has 0 bridgehead atoms. The summed E-state index contributed by atoms with van der Waals surface area (Å²) < 4.78 is 22.1. The van der Waals surface area contributed by atoms with E-state index in [1.54, 1.807) is 0 Å². The smallest absolute Gasteiger partial charge is 0.454 e. The number of rotatable bonds is 3. The summed E-state index contributed by atoms with van der Waals surface area (Å²) >= 11 is 0. The van der Waals surface area contributed by atoms with Crippen molar-refractivity contribution >= 4 is 11.7 Å². The van der Waals surface area contributed by atoms with Crippen LogP contribution in [0.15, 0.2) is 48.2 Å². The fourth-order valence-electron chi connectivity index (χ4n) is 5.08. The number of carbonyl (C=O) groups excluding carboxylic acids is 1. The normalized spacial score (nSPS) is 26.0. The summed E-state index contributed by atoms with van der Waals surface area (Å²) in [5.41, 5.74) is 2.32. The van der Waals surface area contributed by atoms with Crippen molar-refractivity contribution in [3.63, 3.8) is 0 Å². The average Bonchev–Trinajstić information content (AvgIpc) is 3.37. The molecule has 0 fully saturated rings. The number of fused-ring (bicyclic) bond motifs is 4. The molecule has 3 atom stereocenters. The maximum Gasteiger partial charge on any atom is 0.513 e. The van der Waals surface area contributed by atoms with Gasteiger partial charge in [0.15, 0.2) is 11.5 Å². The molecule has 0 radical (unpaired) electrons. The van der Waals surface area contributed by atoms with Crippen molar-refractivity contribution in [3.05, 3.63) is 64.9 Å². The lowest BCUT2D eigenvalue weighted by molar-refractivity contribution is -0.0255. The molecule has 3 N–H and O–H groups in total. The molecular weight excluding hydrogens is 438 g/mol. The number of nitrogens with one attached hydrogen (secondary N) is 1. The van der Waals surface area contributed by atoms with Crippen molar-refractivity contribution in [2.75, 3.05) is 19.9 Å². The van der Waals surface area contributed by atoms with Crippen LogP contribution in [-0.2, 0) is 22.5 Å². The highest BCUT2D eigenvalue weighted by atomic mass is 16.7. The van der Waals surface area contributed by atoms with Gasteiger partial charge in [-0.2, -0.15) is 0 Å². The molecule has 0 unspecified atom stereocenters. The SMILES string of the molecule is C[C@]12CCCNCCc3cc4c(cc3C1=C(OC(=O)OCc1ccccc1)[C@@H](O)[C@H]2O)OCO4. The van der Waals surface area contributed by atoms with Crippen LogP contribution in [0.5, 0.6) is 11.5 Å². The number of aliphatic hydroxyl groups is 2. The zero-order valence-electron chi connectivity index (χ0n) is 19.1. The Hall–Kier alpha value is -3.07. The molecule has 0 amide bonds. The zero-order valence-corrected chi connectivity index (χ0v) is 19.1. The van der Waals surface area contributed by atoms with Crippen LogP contribution in [0.25, 0.3) is 5.57 Å². The predicted octanol–water partition coefficient (Wildman–Crippen LogP) is 3.15. The number of hydrogen-bond acceptors (Lipinski definition) is 8. The predicted molar refractivity (Wildman–Crippen MR) is 123 cm³/mol. The summed E-state index contributed by atoms with van der Waals surface area (Å²) in [4.78, 5) is 12.7. The molecule has 2 aliphatic heterocycles. The number of hydrogen-bond donors (Lipinski definition) is 3. The molecule has 34 heavy (non-hydrogen) atoms. The van der Waals surface area contributed by atoms with Crippen molar-refractivity contribution in [3.8, 4) is 11.5 Å². The first-order valence-electron chi connectivity index (χ1n) is 11.6. The molecule has 8 nitrogen and oxygen atoms in total. The molecule has 8 heteroatoms. The van der Waals surface area contributed by atoms with Gasteiger partial charge in [-0.1, -0.05) is 37.3 Å². The van der Waals surface area contributed by atoms with E-state index in [1.807, 2.05) is 49.4 Å². The topological polar surface area (TPSA) is 106 Å². The van der Waals surface area contributed by atoms with Crippen molar-refractivity contribution in [1.82, 2.24) is 5.32 Å². The van der Waals surface area contributed by atoms with Crippen molar-refractivity contribution in [1.29, 1.82) is 0 Å². The highest BCUT2D eigenvalue weighted by molar-refractivity contribution is 5.81. The Labute approximate surface area is 198 Å². The van der Waals surface area contributed by atoms with Gasteiger partial charge in [-0.15, -0.1) is 0 Å². The number of aliphatic hydroxyl groups excluding tert-OH is 2. The van der Waals surface area contributed by atoms with E-state index in [1.165, 1.54) is 0 Å². The molecule has 0 aromatic heterocycles. The van der Waals surface area contributed by atoms with Gasteiger partial charge >= 0.3 is 6.16 Å². The minimum Gasteiger partial charge on any atom is -0.454 e. The Kier molecular flexibility index (Phi) is 6.20. The first-order chi connectivity index (χ1) is 16.5. The largest absolute Gasteiger partial charge is 0.513 e. The Bertz CT molecular complexity index is 1100. The summed E-state index contributed by atoms with van der Waals surface area (Å²) in [6.45, 7) is 3.61. The number of benzene rings is 2. The van der Waals surface area contributed by atoms with Gasteiger partial charge in [-0.3, -0.25) is 0 Å². The minimum absolute atomic E-state index is 0.0294. The lowest BCUT2D eigenvalue weighted by Gasteiger charge is -2.33. The van der Waals surface area contributed by atoms with Crippen molar-refractivity contribution < 1.29 is 34.0 Å². The zero-order chi connectivity index (χ0) is 23.7. The highest BCUT2D eigenvalue weighted by Gasteiger charge is 2.52. The van der Waals surface area contributed by atoms with Crippen LogP contribution in [0.2, 0.25) is 0 Å². The van der Waals surface area contributed by atoms with Crippen LogP contribution in [0, 0.1) is 5.41 Å². The average molecular weight is 468 g/mol. The number of carbonyl (C=O) groups is 1. The molecule has 2 aromatic rings. The van der Waals surface area contributed by atoms with E-state index in [0.29, 0.717) is 29.9 Å². The Balaban J connectivity index is 1.54. The minimum atomic E-state index is -1.36. The van der Waals surface area contributed by atoms with E-state index >= 15 is 0 Å². The Morgan fingerprint density at radius 2 is 1.91 bits per heavy atom. The third-order valence-electron chi connectivity index (χ3n) is 6.92. The summed E-state index contributed by atoms with van der Waals surface area (Å²) in [6, 6.07) is 13.1. The molecule has 3 aliphatic rings. The fourth-order valence-corrected chi connectivity index (χ4v) is 5.08. The van der Waals surface area contributed by atoms with Crippen LogP contribution in [-0.4, -0.2) is 48.5 Å². The Morgan fingerprint density at radius 3 is 2.71 bits per heavy atom. The number of ether oxygens (including phenoxy) is 4. The second-order valence-corrected chi connectivity index (χ2v) is 9.14.